The third kappa shape index (κ3) is 5.31. The summed E-state index contributed by atoms with van der Waals surface area (Å²) in [5.41, 5.74) is 2.18. The maximum atomic E-state index is 13.5. The van der Waals surface area contributed by atoms with E-state index in [4.69, 9.17) is 9.26 Å². The lowest BCUT2D eigenvalue weighted by Gasteiger charge is -2.18. The summed E-state index contributed by atoms with van der Waals surface area (Å²) in [6.07, 6.45) is -1.13. The van der Waals surface area contributed by atoms with Crippen molar-refractivity contribution in [2.75, 3.05) is 5.32 Å². The number of ether oxygens (including phenoxy) is 1. The molecule has 2 aromatic carbocycles. The molecule has 1 unspecified atom stereocenters. The molecule has 194 valence electrons. The molecule has 0 aliphatic carbocycles. The van der Waals surface area contributed by atoms with Gasteiger partial charge in [0.25, 0.3) is 5.88 Å². The fourth-order valence-corrected chi connectivity index (χ4v) is 3.68. The number of benzene rings is 2. The minimum absolute atomic E-state index is 0.0679. The lowest BCUT2D eigenvalue weighted by atomic mass is 10.0. The van der Waals surface area contributed by atoms with Crippen molar-refractivity contribution in [1.29, 1.82) is 0 Å². The van der Waals surface area contributed by atoms with Crippen LogP contribution in [-0.2, 0) is 12.8 Å². The van der Waals surface area contributed by atoms with Crippen LogP contribution in [0.15, 0.2) is 65.7 Å². The lowest BCUT2D eigenvalue weighted by molar-refractivity contribution is -0.145. The predicted octanol–water partition coefficient (Wildman–Crippen LogP) is 5.69. The zero-order valence-corrected chi connectivity index (χ0v) is 19.6. The van der Waals surface area contributed by atoms with Gasteiger partial charge in [-0.25, -0.2) is 24.3 Å². The quantitative estimate of drug-likeness (QED) is 0.258. The number of anilines is 1. The Hall–Kier alpha value is -4.81. The van der Waals surface area contributed by atoms with Crippen LogP contribution in [0.2, 0.25) is 0 Å². The Morgan fingerprint density at radius 1 is 1.00 bits per heavy atom. The third-order valence-electron chi connectivity index (χ3n) is 5.58. The Morgan fingerprint density at radius 3 is 2.39 bits per heavy atom. The first-order chi connectivity index (χ1) is 18.2. The molecule has 0 amide bonds. The first kappa shape index (κ1) is 24.9. The highest BCUT2D eigenvalue weighted by molar-refractivity contribution is 5.96. The number of hydrogen-bond acceptors (Lipinski definition) is 9. The van der Waals surface area contributed by atoms with E-state index in [9.17, 15) is 22.7 Å². The number of alkyl halides is 3. The van der Waals surface area contributed by atoms with E-state index < -0.39 is 23.9 Å². The van der Waals surface area contributed by atoms with E-state index in [0.717, 1.165) is 12.4 Å². The molecule has 3 heterocycles. The van der Waals surface area contributed by atoms with Crippen molar-refractivity contribution in [2.45, 2.75) is 25.7 Å². The van der Waals surface area contributed by atoms with Crippen molar-refractivity contribution >= 4 is 16.7 Å². The molecule has 0 aliphatic heterocycles. The van der Waals surface area contributed by atoms with Crippen LogP contribution in [0.1, 0.15) is 30.1 Å². The van der Waals surface area contributed by atoms with Crippen LogP contribution in [0, 0.1) is 5.82 Å². The van der Waals surface area contributed by atoms with Gasteiger partial charge in [-0.2, -0.15) is 13.2 Å². The Morgan fingerprint density at radius 2 is 1.74 bits per heavy atom. The maximum absolute atomic E-state index is 13.5. The fourth-order valence-electron chi connectivity index (χ4n) is 3.68. The molecule has 5 aromatic rings. The zero-order valence-electron chi connectivity index (χ0n) is 19.6. The molecule has 9 nitrogen and oxygen atoms in total. The number of hydrogen-bond donors (Lipinski definition) is 2. The van der Waals surface area contributed by atoms with Crippen molar-refractivity contribution in [3.8, 4) is 22.8 Å². The second-order valence-corrected chi connectivity index (χ2v) is 8.24. The van der Waals surface area contributed by atoms with Gasteiger partial charge in [-0.1, -0.05) is 12.1 Å². The Labute approximate surface area is 212 Å². The summed E-state index contributed by atoms with van der Waals surface area (Å²) < 4.78 is 63.0. The summed E-state index contributed by atoms with van der Waals surface area (Å²) in [5.74, 6) is -0.932. The third-order valence-corrected chi connectivity index (χ3v) is 5.58. The molecule has 13 heteroatoms. The van der Waals surface area contributed by atoms with Crippen LogP contribution >= 0.6 is 0 Å². The summed E-state index contributed by atoms with van der Waals surface area (Å²) in [6, 6.07) is 10.1. The van der Waals surface area contributed by atoms with E-state index in [-0.39, 0.29) is 18.2 Å². The van der Waals surface area contributed by atoms with E-state index in [1.54, 1.807) is 31.2 Å². The summed E-state index contributed by atoms with van der Waals surface area (Å²) in [5, 5.41) is 16.5. The number of aromatic nitrogens is 5. The minimum Gasteiger partial charge on any atom is -0.491 e. The van der Waals surface area contributed by atoms with Crippen molar-refractivity contribution in [1.82, 2.24) is 25.1 Å². The summed E-state index contributed by atoms with van der Waals surface area (Å²) >= 11 is 0. The van der Waals surface area contributed by atoms with Gasteiger partial charge in [0, 0.05) is 29.4 Å². The second-order valence-electron chi connectivity index (χ2n) is 8.24. The standard InChI is InChI=1S/C25H18F4N6O3/c1-13(16-9-30-24(31-10-16)25(27,28)29)34-23-19-6-15(14-2-4-17(26)5-3-14)7-20(22(19)32-12-33-23)37-11-18-8-21(36)35-38-18/h2-10,12-13H,11H2,1H3,(H,35,36)(H,32,33,34). The van der Waals surface area contributed by atoms with Crippen molar-refractivity contribution in [3.63, 3.8) is 0 Å². The normalized spacial score (nSPS) is 12.4. The van der Waals surface area contributed by atoms with E-state index in [0.29, 0.717) is 39.2 Å². The molecule has 0 aliphatic rings. The average molecular weight is 526 g/mol. The predicted molar refractivity (Wildman–Crippen MR) is 127 cm³/mol. The van der Waals surface area contributed by atoms with Crippen LogP contribution in [0.3, 0.4) is 0 Å². The molecule has 3 aromatic heterocycles. The fraction of sp³-hybridized carbons (Fsp3) is 0.160. The van der Waals surface area contributed by atoms with Crippen LogP contribution in [0.25, 0.3) is 22.0 Å². The zero-order chi connectivity index (χ0) is 26.9. The van der Waals surface area contributed by atoms with Crippen LogP contribution in [-0.4, -0.2) is 30.2 Å². The molecule has 5 rings (SSSR count). The van der Waals surface area contributed by atoms with Crippen LogP contribution in [0.4, 0.5) is 23.4 Å². The summed E-state index contributed by atoms with van der Waals surface area (Å²) in [7, 11) is 0. The molecular formula is C25H18F4N6O3. The highest BCUT2D eigenvalue weighted by Gasteiger charge is 2.34. The number of rotatable bonds is 7. The van der Waals surface area contributed by atoms with Gasteiger partial charge in [-0.3, -0.25) is 0 Å². The first-order valence-corrected chi connectivity index (χ1v) is 11.1. The van der Waals surface area contributed by atoms with Gasteiger partial charge in [0.15, 0.2) is 5.76 Å². The SMILES string of the molecule is CC(Nc1ncnc2c(OCc3cc(O)no3)cc(-c3ccc(F)cc3)cc12)c1cnc(C(F)(F)F)nc1. The van der Waals surface area contributed by atoms with Gasteiger partial charge in [0.1, 0.15) is 35.8 Å². The second kappa shape index (κ2) is 9.92. The van der Waals surface area contributed by atoms with E-state index in [1.807, 2.05) is 0 Å². The minimum atomic E-state index is -4.64. The van der Waals surface area contributed by atoms with Gasteiger partial charge in [-0.05, 0) is 47.5 Å². The van der Waals surface area contributed by atoms with Gasteiger partial charge in [0.2, 0.25) is 5.82 Å². The van der Waals surface area contributed by atoms with Crippen molar-refractivity contribution in [3.05, 3.63) is 84.2 Å². The molecular weight excluding hydrogens is 508 g/mol. The lowest BCUT2D eigenvalue weighted by Crippen LogP contribution is -2.14. The van der Waals surface area contributed by atoms with Gasteiger partial charge < -0.3 is 19.7 Å². The smallest absolute Gasteiger partial charge is 0.451 e. The molecule has 38 heavy (non-hydrogen) atoms. The maximum Gasteiger partial charge on any atom is 0.451 e. The largest absolute Gasteiger partial charge is 0.491 e. The van der Waals surface area contributed by atoms with Crippen LogP contribution in [0.5, 0.6) is 11.6 Å². The molecule has 0 spiro atoms. The number of halogens is 4. The Kier molecular flexibility index (Phi) is 6.49. The van der Waals surface area contributed by atoms with Gasteiger partial charge >= 0.3 is 6.18 Å². The van der Waals surface area contributed by atoms with E-state index in [2.05, 4.69) is 30.4 Å². The number of aromatic hydroxyl groups is 1. The number of nitrogens with one attached hydrogen (secondary N) is 1. The topological polar surface area (TPSA) is 119 Å². The first-order valence-electron chi connectivity index (χ1n) is 11.1. The Balaban J connectivity index is 1.52. The number of fused-ring (bicyclic) bond motifs is 1. The van der Waals surface area contributed by atoms with Gasteiger partial charge in [-0.15, -0.1) is 0 Å². The summed E-state index contributed by atoms with van der Waals surface area (Å²) in [6.45, 7) is 1.65. The average Bonchev–Trinajstić information content (AvgIpc) is 3.32. The van der Waals surface area contributed by atoms with Crippen molar-refractivity contribution in [2.24, 2.45) is 0 Å². The highest BCUT2D eigenvalue weighted by atomic mass is 19.4. The molecule has 0 saturated heterocycles. The molecule has 0 bridgehead atoms. The molecule has 0 saturated carbocycles. The van der Waals surface area contributed by atoms with E-state index in [1.165, 1.54) is 24.5 Å². The molecule has 0 radical (unpaired) electrons. The number of nitrogens with zero attached hydrogens (tertiary/aromatic N) is 5. The monoisotopic (exact) mass is 526 g/mol. The van der Waals surface area contributed by atoms with Crippen molar-refractivity contribution < 1.29 is 31.9 Å². The Bertz CT molecular complexity index is 1570. The van der Waals surface area contributed by atoms with Gasteiger partial charge in [0.05, 0.1) is 6.04 Å². The summed E-state index contributed by atoms with van der Waals surface area (Å²) in [4.78, 5) is 15.5. The molecule has 2 N–H and O–H groups in total. The molecule has 0 fully saturated rings. The highest BCUT2D eigenvalue weighted by Crippen LogP contribution is 2.36. The van der Waals surface area contributed by atoms with Crippen LogP contribution < -0.4 is 10.1 Å². The van der Waals surface area contributed by atoms with E-state index >= 15 is 0 Å². The molecule has 1 atom stereocenters.